The van der Waals surface area contributed by atoms with Crippen molar-refractivity contribution >= 4 is 17.7 Å². The monoisotopic (exact) mass is 485 g/mol. The van der Waals surface area contributed by atoms with Crippen molar-refractivity contribution in [3.05, 3.63) is 53.6 Å². The molecule has 0 spiro atoms. The highest BCUT2D eigenvalue weighted by Gasteiger charge is 2.26. The van der Waals surface area contributed by atoms with Gasteiger partial charge < -0.3 is 19.5 Å². The van der Waals surface area contributed by atoms with Gasteiger partial charge in [-0.15, -0.1) is 0 Å². The van der Waals surface area contributed by atoms with E-state index in [0.29, 0.717) is 35.3 Å². The molecule has 0 unspecified atom stereocenters. The van der Waals surface area contributed by atoms with Crippen LogP contribution in [0.1, 0.15) is 54.8 Å². The Morgan fingerprint density at radius 3 is 2.14 bits per heavy atom. The van der Waals surface area contributed by atoms with Crippen LogP contribution in [0.3, 0.4) is 0 Å². The number of amides is 3. The molecule has 0 bridgehead atoms. The molecule has 1 atom stereocenters. The lowest BCUT2D eigenvalue weighted by Gasteiger charge is -2.22. The average molecular weight is 486 g/mol. The zero-order valence-corrected chi connectivity index (χ0v) is 21.1. The van der Waals surface area contributed by atoms with Crippen LogP contribution < -0.4 is 30.4 Å². The van der Waals surface area contributed by atoms with Gasteiger partial charge in [-0.05, 0) is 48.6 Å². The molecule has 2 aromatic rings. The summed E-state index contributed by atoms with van der Waals surface area (Å²) in [5.74, 6) is 0.0506. The molecule has 0 heterocycles. The van der Waals surface area contributed by atoms with Crippen LogP contribution in [0.2, 0.25) is 0 Å². The quantitative estimate of drug-likeness (QED) is 0.421. The van der Waals surface area contributed by atoms with Gasteiger partial charge in [-0.1, -0.05) is 39.8 Å². The Balaban J connectivity index is 2.02. The molecule has 2 aromatic carbocycles. The van der Waals surface area contributed by atoms with Crippen molar-refractivity contribution in [1.29, 1.82) is 0 Å². The van der Waals surface area contributed by atoms with Gasteiger partial charge in [-0.25, -0.2) is 0 Å². The molecule has 0 fully saturated rings. The molecule has 0 aliphatic rings. The van der Waals surface area contributed by atoms with E-state index in [4.69, 9.17) is 14.2 Å². The van der Waals surface area contributed by atoms with Gasteiger partial charge >= 0.3 is 0 Å². The van der Waals surface area contributed by atoms with Crippen LogP contribution in [0.5, 0.6) is 17.2 Å². The maximum atomic E-state index is 12.8. The first kappa shape index (κ1) is 27.5. The summed E-state index contributed by atoms with van der Waals surface area (Å²) >= 11 is 0. The van der Waals surface area contributed by atoms with E-state index >= 15 is 0 Å². The van der Waals surface area contributed by atoms with Crippen molar-refractivity contribution in [2.24, 2.45) is 11.8 Å². The molecular weight excluding hydrogens is 450 g/mol. The number of benzene rings is 2. The maximum Gasteiger partial charge on any atom is 0.269 e. The van der Waals surface area contributed by atoms with E-state index in [9.17, 15) is 14.4 Å². The number of rotatable bonds is 11. The van der Waals surface area contributed by atoms with E-state index in [1.54, 1.807) is 50.2 Å². The number of carbonyl (C=O) groups is 3. The third-order valence-corrected chi connectivity index (χ3v) is 5.27. The summed E-state index contributed by atoms with van der Waals surface area (Å²) in [6.07, 6.45) is 0.891. The Labute approximate surface area is 206 Å². The SMILES string of the molecule is COc1cc(C(=O)NNC(=O)[C@@H](NC(=O)c2ccccc2OC)C(C)C)ccc1OCCC(C)C. The fourth-order valence-electron chi connectivity index (χ4n) is 3.19. The first-order valence-corrected chi connectivity index (χ1v) is 11.5. The second-order valence-corrected chi connectivity index (χ2v) is 8.74. The highest BCUT2D eigenvalue weighted by atomic mass is 16.5. The summed E-state index contributed by atoms with van der Waals surface area (Å²) in [5.41, 5.74) is 5.36. The zero-order chi connectivity index (χ0) is 26.0. The van der Waals surface area contributed by atoms with Crippen LogP contribution in [0.4, 0.5) is 0 Å². The Kier molecular flexibility index (Phi) is 10.4. The van der Waals surface area contributed by atoms with Crippen LogP contribution in [0.25, 0.3) is 0 Å². The summed E-state index contributed by atoms with van der Waals surface area (Å²) in [5, 5.41) is 2.71. The lowest BCUT2D eigenvalue weighted by Crippen LogP contribution is -2.54. The van der Waals surface area contributed by atoms with E-state index < -0.39 is 23.8 Å². The molecule has 0 aliphatic heterocycles. The van der Waals surface area contributed by atoms with Gasteiger partial charge in [0.05, 0.1) is 26.4 Å². The number of ether oxygens (including phenoxy) is 3. The van der Waals surface area contributed by atoms with Crippen LogP contribution in [0.15, 0.2) is 42.5 Å². The molecule has 9 heteroatoms. The number of carbonyl (C=O) groups excluding carboxylic acids is 3. The van der Waals surface area contributed by atoms with Crippen LogP contribution in [-0.4, -0.2) is 44.6 Å². The molecule has 3 N–H and O–H groups in total. The van der Waals surface area contributed by atoms with Gasteiger partial charge in [0.1, 0.15) is 11.8 Å². The Morgan fingerprint density at radius 2 is 1.51 bits per heavy atom. The summed E-state index contributed by atoms with van der Waals surface area (Å²) in [4.78, 5) is 38.1. The smallest absolute Gasteiger partial charge is 0.269 e. The number of nitrogens with one attached hydrogen (secondary N) is 3. The minimum Gasteiger partial charge on any atom is -0.496 e. The van der Waals surface area contributed by atoms with Crippen molar-refractivity contribution < 1.29 is 28.6 Å². The fraction of sp³-hybridized carbons (Fsp3) is 0.423. The molecule has 2 rings (SSSR count). The predicted octanol–water partition coefficient (Wildman–Crippen LogP) is 3.34. The minimum absolute atomic E-state index is 0.243. The van der Waals surface area contributed by atoms with Gasteiger partial charge in [0.25, 0.3) is 17.7 Å². The number of hydrazine groups is 1. The number of methoxy groups -OCH3 is 2. The Hall–Kier alpha value is -3.75. The zero-order valence-electron chi connectivity index (χ0n) is 21.1. The summed E-state index contributed by atoms with van der Waals surface area (Å²) < 4.78 is 16.3. The van der Waals surface area contributed by atoms with Crippen molar-refractivity contribution in [1.82, 2.24) is 16.2 Å². The normalized spacial score (nSPS) is 11.5. The first-order valence-electron chi connectivity index (χ1n) is 11.5. The van der Waals surface area contributed by atoms with Crippen molar-refractivity contribution in [3.63, 3.8) is 0 Å². The van der Waals surface area contributed by atoms with Crippen LogP contribution >= 0.6 is 0 Å². The number of hydrogen-bond donors (Lipinski definition) is 3. The molecule has 0 aliphatic carbocycles. The summed E-state index contributed by atoms with van der Waals surface area (Å²) in [6.45, 7) is 8.33. The minimum atomic E-state index is -0.890. The summed E-state index contributed by atoms with van der Waals surface area (Å²) in [7, 11) is 2.96. The van der Waals surface area contributed by atoms with E-state index in [1.807, 2.05) is 0 Å². The van der Waals surface area contributed by atoms with Gasteiger partial charge in [-0.2, -0.15) is 0 Å². The highest BCUT2D eigenvalue weighted by molar-refractivity contribution is 6.00. The summed E-state index contributed by atoms with van der Waals surface area (Å²) in [6, 6.07) is 10.6. The largest absolute Gasteiger partial charge is 0.496 e. The van der Waals surface area contributed by atoms with Crippen LogP contribution in [0, 0.1) is 11.8 Å². The molecule has 0 aromatic heterocycles. The second-order valence-electron chi connectivity index (χ2n) is 8.74. The van der Waals surface area contributed by atoms with Crippen molar-refractivity contribution in [2.75, 3.05) is 20.8 Å². The lowest BCUT2D eigenvalue weighted by atomic mass is 10.0. The average Bonchev–Trinajstić information content (AvgIpc) is 2.85. The number of para-hydroxylation sites is 1. The van der Waals surface area contributed by atoms with Gasteiger partial charge in [0.2, 0.25) is 0 Å². The first-order chi connectivity index (χ1) is 16.7. The molecule has 0 saturated heterocycles. The Morgan fingerprint density at radius 1 is 0.829 bits per heavy atom. The van der Waals surface area contributed by atoms with Gasteiger partial charge in [-0.3, -0.25) is 25.2 Å². The number of hydrogen-bond acceptors (Lipinski definition) is 6. The standard InChI is InChI=1S/C26H35N3O6/c1-16(2)13-14-35-21-12-11-18(15-22(21)34-6)24(30)28-29-26(32)23(17(3)4)27-25(31)19-9-7-8-10-20(19)33-5/h7-12,15-17,23H,13-14H2,1-6H3,(H,27,31)(H,28,30)(H,29,32)/t23-/m0/s1. The van der Waals surface area contributed by atoms with Crippen molar-refractivity contribution in [3.8, 4) is 17.2 Å². The van der Waals surface area contributed by atoms with Crippen LogP contribution in [-0.2, 0) is 4.79 Å². The predicted molar refractivity (Wildman–Crippen MR) is 133 cm³/mol. The molecular formula is C26H35N3O6. The maximum absolute atomic E-state index is 12.8. The lowest BCUT2D eigenvalue weighted by molar-refractivity contribution is -0.124. The molecule has 35 heavy (non-hydrogen) atoms. The van der Waals surface area contributed by atoms with E-state index in [1.165, 1.54) is 20.3 Å². The van der Waals surface area contributed by atoms with E-state index in [-0.39, 0.29) is 11.5 Å². The van der Waals surface area contributed by atoms with Gasteiger partial charge in [0.15, 0.2) is 11.5 Å². The molecule has 0 saturated carbocycles. The van der Waals surface area contributed by atoms with Crippen molar-refractivity contribution in [2.45, 2.75) is 40.2 Å². The van der Waals surface area contributed by atoms with E-state index in [0.717, 1.165) is 6.42 Å². The topological polar surface area (TPSA) is 115 Å². The van der Waals surface area contributed by atoms with Gasteiger partial charge in [0, 0.05) is 5.56 Å². The molecule has 0 radical (unpaired) electrons. The van der Waals surface area contributed by atoms with E-state index in [2.05, 4.69) is 30.0 Å². The third kappa shape index (κ3) is 7.91. The molecule has 190 valence electrons. The highest BCUT2D eigenvalue weighted by Crippen LogP contribution is 2.28. The molecule has 3 amide bonds. The second kappa shape index (κ2) is 13.2. The fourth-order valence-corrected chi connectivity index (χ4v) is 3.19. The molecule has 9 nitrogen and oxygen atoms in total. The third-order valence-electron chi connectivity index (χ3n) is 5.27. The Bertz CT molecular complexity index is 1020.